The van der Waals surface area contributed by atoms with Gasteiger partial charge in [-0.3, -0.25) is 0 Å². The van der Waals surface area contributed by atoms with E-state index >= 15 is 0 Å². The van der Waals surface area contributed by atoms with Crippen LogP contribution >= 0.6 is 11.8 Å². The number of benzene rings is 3. The molecule has 0 saturated carbocycles. The van der Waals surface area contributed by atoms with Crippen LogP contribution in [0.15, 0.2) is 83.8 Å². The fraction of sp³-hybridized carbons (Fsp3) is 0.222. The fourth-order valence-corrected chi connectivity index (χ4v) is 13.0. The van der Waals surface area contributed by atoms with Gasteiger partial charge in [0.1, 0.15) is 12.6 Å². The average Bonchev–Trinajstić information content (AvgIpc) is 3.16. The molecule has 6 rings (SSSR count). The van der Waals surface area contributed by atoms with Gasteiger partial charge in [0.15, 0.2) is 0 Å². The van der Waals surface area contributed by atoms with Gasteiger partial charge >= 0.3 is 6.71 Å². The van der Waals surface area contributed by atoms with Crippen LogP contribution in [0.3, 0.4) is 0 Å². The number of pyridine rings is 1. The van der Waals surface area contributed by atoms with Gasteiger partial charge in [-0.1, -0.05) is 77.8 Å². The second kappa shape index (κ2) is 6.85. The highest BCUT2D eigenvalue weighted by molar-refractivity contribution is 8.02. The lowest BCUT2D eigenvalue weighted by Gasteiger charge is -2.43. The smallest absolute Gasteiger partial charge is 0.207 e. The van der Waals surface area contributed by atoms with E-state index in [-0.39, 0.29) is 0 Å². The Morgan fingerprint density at radius 1 is 0.871 bits per heavy atom. The second-order valence-corrected chi connectivity index (χ2v) is 15.5. The molecular formula is C27H27BNSSi+. The predicted octanol–water partition coefficient (Wildman–Crippen LogP) is 3.85. The Balaban J connectivity index is 1.66. The molecule has 31 heavy (non-hydrogen) atoms. The highest BCUT2D eigenvalue weighted by Crippen LogP contribution is 2.51. The number of aryl methyl sites for hydroxylation is 2. The van der Waals surface area contributed by atoms with Crippen LogP contribution in [0.5, 0.6) is 0 Å². The summed E-state index contributed by atoms with van der Waals surface area (Å²) in [7, 11) is 0.559. The molecule has 3 heterocycles. The number of hydrogen-bond acceptors (Lipinski definition) is 1. The minimum Gasteiger partial charge on any atom is -0.207 e. The molecule has 4 heteroatoms. The molecule has 4 aromatic rings. The van der Waals surface area contributed by atoms with Gasteiger partial charge < -0.3 is 0 Å². The van der Waals surface area contributed by atoms with Crippen LogP contribution in [0.1, 0.15) is 16.7 Å². The summed E-state index contributed by atoms with van der Waals surface area (Å²) in [6.45, 7) is 7.92. The number of fused-ring (bicyclic) bond motifs is 5. The van der Waals surface area contributed by atoms with E-state index in [9.17, 15) is 0 Å². The number of hydrogen-bond donors (Lipinski definition) is 0. The first kappa shape index (κ1) is 19.4. The summed E-state index contributed by atoms with van der Waals surface area (Å²) in [6, 6.07) is 29.7. The number of thioether (sulfide) groups is 1. The quantitative estimate of drug-likeness (QED) is 0.324. The van der Waals surface area contributed by atoms with Crippen LogP contribution in [0, 0.1) is 6.92 Å². The molecule has 152 valence electrons. The Hall–Kier alpha value is -2.30. The first-order valence-electron chi connectivity index (χ1n) is 11.2. The lowest BCUT2D eigenvalue weighted by atomic mass is 9.38. The number of aromatic nitrogens is 1. The van der Waals surface area contributed by atoms with E-state index < -0.39 is 8.07 Å². The standard InChI is InChI=1S/C27H27BNSSi/c1-18-10-9-15-23-25(18)28(24-17-16-19-11-5-7-13-21(19)29(24)2)27-26(31(23,3)4)20-12-6-8-14-22(20)30-27/h5-17,26-27H,1-4H3/q+1. The Morgan fingerprint density at radius 2 is 1.65 bits per heavy atom. The molecule has 0 aliphatic carbocycles. The van der Waals surface area contributed by atoms with E-state index in [1.54, 1.807) is 16.2 Å². The number of nitrogens with zero attached hydrogens (tertiary/aromatic N) is 1. The van der Waals surface area contributed by atoms with Crippen molar-refractivity contribution >= 4 is 53.7 Å². The van der Waals surface area contributed by atoms with Crippen molar-refractivity contribution in [3.63, 3.8) is 0 Å². The maximum atomic E-state index is 2.60. The minimum absolute atomic E-state index is 0.397. The zero-order valence-corrected chi connectivity index (χ0v) is 20.4. The monoisotopic (exact) mass is 436 g/mol. The fourth-order valence-electron chi connectivity index (χ4n) is 6.27. The van der Waals surface area contributed by atoms with Crippen molar-refractivity contribution in [3.05, 3.63) is 90.0 Å². The van der Waals surface area contributed by atoms with Crippen LogP contribution in [-0.2, 0) is 7.05 Å². The first-order valence-corrected chi connectivity index (χ1v) is 15.2. The molecule has 0 amide bonds. The third-order valence-electron chi connectivity index (χ3n) is 7.72. The second-order valence-electron chi connectivity index (χ2n) is 9.71. The zero-order chi connectivity index (χ0) is 21.3. The predicted molar refractivity (Wildman–Crippen MR) is 137 cm³/mol. The molecule has 3 aromatic carbocycles. The van der Waals surface area contributed by atoms with Gasteiger partial charge in [0.25, 0.3) is 0 Å². The van der Waals surface area contributed by atoms with E-state index in [0.717, 1.165) is 0 Å². The summed E-state index contributed by atoms with van der Waals surface area (Å²) in [6.07, 6.45) is 0. The summed E-state index contributed by atoms with van der Waals surface area (Å²) >= 11 is 2.13. The highest BCUT2D eigenvalue weighted by Gasteiger charge is 2.57. The molecule has 1 aromatic heterocycles. The molecule has 2 atom stereocenters. The van der Waals surface area contributed by atoms with E-state index in [1.165, 1.54) is 27.0 Å². The number of rotatable bonds is 1. The van der Waals surface area contributed by atoms with Gasteiger partial charge in [0, 0.05) is 21.5 Å². The van der Waals surface area contributed by atoms with Crippen LogP contribution in [0.4, 0.5) is 0 Å². The summed E-state index contributed by atoms with van der Waals surface area (Å²) in [5, 5.41) is 3.52. The molecule has 1 nitrogen and oxygen atoms in total. The van der Waals surface area contributed by atoms with Crippen molar-refractivity contribution < 1.29 is 4.57 Å². The average molecular weight is 436 g/mol. The first-order chi connectivity index (χ1) is 15.0. The summed E-state index contributed by atoms with van der Waals surface area (Å²) in [4.78, 5) is 1.50. The summed E-state index contributed by atoms with van der Waals surface area (Å²) in [5.74, 6) is 0. The van der Waals surface area contributed by atoms with Crippen LogP contribution in [0.2, 0.25) is 13.1 Å². The van der Waals surface area contributed by atoms with Gasteiger partial charge in [0.2, 0.25) is 5.52 Å². The molecule has 2 aliphatic heterocycles. The van der Waals surface area contributed by atoms with Gasteiger partial charge in [0.05, 0.1) is 8.07 Å². The topological polar surface area (TPSA) is 3.88 Å². The Kier molecular flexibility index (Phi) is 4.28. The van der Waals surface area contributed by atoms with E-state index in [4.69, 9.17) is 0 Å². The van der Waals surface area contributed by atoms with Crippen molar-refractivity contribution in [2.75, 3.05) is 0 Å². The van der Waals surface area contributed by atoms with Gasteiger partial charge in [-0.15, -0.1) is 11.8 Å². The zero-order valence-electron chi connectivity index (χ0n) is 18.6. The molecular weight excluding hydrogens is 409 g/mol. The van der Waals surface area contributed by atoms with Gasteiger partial charge in [-0.25, -0.2) is 4.57 Å². The molecule has 2 unspecified atom stereocenters. The molecule has 0 radical (unpaired) electrons. The number of para-hydroxylation sites is 1. The minimum atomic E-state index is -1.70. The molecule has 0 saturated heterocycles. The van der Waals surface area contributed by atoms with Gasteiger partial charge in [-0.2, -0.15) is 0 Å². The van der Waals surface area contributed by atoms with E-state index in [2.05, 4.69) is 122 Å². The van der Waals surface area contributed by atoms with Crippen LogP contribution in [-0.4, -0.2) is 19.9 Å². The van der Waals surface area contributed by atoms with Crippen molar-refractivity contribution in [1.29, 1.82) is 0 Å². The molecule has 0 spiro atoms. The molecule has 0 fully saturated rings. The largest absolute Gasteiger partial charge is 0.307 e. The molecule has 0 bridgehead atoms. The van der Waals surface area contributed by atoms with Crippen molar-refractivity contribution in [2.45, 2.75) is 35.6 Å². The third kappa shape index (κ3) is 2.68. The van der Waals surface area contributed by atoms with Crippen LogP contribution < -0.4 is 20.8 Å². The maximum Gasteiger partial charge on any atom is 0.307 e. The van der Waals surface area contributed by atoms with Crippen LogP contribution in [0.25, 0.3) is 10.9 Å². The van der Waals surface area contributed by atoms with Crippen molar-refractivity contribution in [1.82, 2.24) is 0 Å². The normalized spacial score (nSPS) is 21.0. The lowest BCUT2D eigenvalue weighted by molar-refractivity contribution is -0.627. The Morgan fingerprint density at radius 3 is 2.52 bits per heavy atom. The van der Waals surface area contributed by atoms with Crippen molar-refractivity contribution in [2.24, 2.45) is 7.05 Å². The Bertz CT molecular complexity index is 1350. The summed E-state index contributed by atoms with van der Waals surface area (Å²) < 4.78 is 2.46. The summed E-state index contributed by atoms with van der Waals surface area (Å²) in [5.41, 5.74) is 8.04. The van der Waals surface area contributed by atoms with Gasteiger partial charge in [-0.05, 0) is 42.3 Å². The lowest BCUT2D eigenvalue weighted by Crippen LogP contribution is -2.75. The van der Waals surface area contributed by atoms with E-state index in [1.807, 2.05) is 0 Å². The molecule has 0 N–H and O–H groups in total. The third-order valence-corrected chi connectivity index (χ3v) is 13.5. The highest BCUT2D eigenvalue weighted by atomic mass is 32.2. The SMILES string of the molecule is Cc1cccc2c1B(c1ccc3ccccc3[n+]1C)C1Sc3ccccc3C1[Si]2(C)C. The Labute approximate surface area is 190 Å². The maximum absolute atomic E-state index is 2.60. The van der Waals surface area contributed by atoms with E-state index in [0.29, 0.717) is 17.4 Å². The van der Waals surface area contributed by atoms with Crippen molar-refractivity contribution in [3.8, 4) is 0 Å². The molecule has 2 aliphatic rings.